The van der Waals surface area contributed by atoms with E-state index in [1.165, 1.54) is 6.92 Å². The number of nitrogens with two attached hydrogens (primary N) is 1. The number of nitrogens with one attached hydrogen (secondary N) is 1. The van der Waals surface area contributed by atoms with Gasteiger partial charge in [0.15, 0.2) is 5.78 Å². The van der Waals surface area contributed by atoms with Gasteiger partial charge in [0.05, 0.1) is 5.70 Å². The second kappa shape index (κ2) is 6.15. The van der Waals surface area contributed by atoms with Crippen molar-refractivity contribution in [1.29, 1.82) is 0 Å². The SMILES string of the molecule is C=C(NCCCC(N)C(=O)O)C(C)=O. The van der Waals surface area contributed by atoms with Gasteiger partial charge >= 0.3 is 5.97 Å². The van der Waals surface area contributed by atoms with Gasteiger partial charge < -0.3 is 16.2 Å². The summed E-state index contributed by atoms with van der Waals surface area (Å²) in [4.78, 5) is 21.0. The number of hydrogen-bond donors (Lipinski definition) is 3. The summed E-state index contributed by atoms with van der Waals surface area (Å²) >= 11 is 0. The zero-order chi connectivity index (χ0) is 11.1. The van der Waals surface area contributed by atoms with E-state index in [0.29, 0.717) is 25.1 Å². The van der Waals surface area contributed by atoms with Crippen molar-refractivity contribution in [3.8, 4) is 0 Å². The second-order valence-electron chi connectivity index (χ2n) is 3.05. The van der Waals surface area contributed by atoms with Crippen LogP contribution in [0.4, 0.5) is 0 Å². The summed E-state index contributed by atoms with van der Waals surface area (Å²) in [6.07, 6.45) is 0.979. The van der Waals surface area contributed by atoms with Crippen molar-refractivity contribution < 1.29 is 14.7 Å². The van der Waals surface area contributed by atoms with Crippen LogP contribution in [-0.4, -0.2) is 29.4 Å². The van der Waals surface area contributed by atoms with Crippen molar-refractivity contribution >= 4 is 11.8 Å². The number of rotatable bonds is 7. The maximum Gasteiger partial charge on any atom is 0.320 e. The van der Waals surface area contributed by atoms with Crippen molar-refractivity contribution in [3.63, 3.8) is 0 Å². The topological polar surface area (TPSA) is 92.4 Å². The van der Waals surface area contributed by atoms with E-state index in [9.17, 15) is 9.59 Å². The molecule has 0 amide bonds. The molecule has 0 saturated heterocycles. The molecule has 5 nitrogen and oxygen atoms in total. The van der Waals surface area contributed by atoms with Crippen molar-refractivity contribution in [2.24, 2.45) is 5.73 Å². The Morgan fingerprint density at radius 2 is 2.14 bits per heavy atom. The molecule has 0 radical (unpaired) electrons. The fraction of sp³-hybridized carbons (Fsp3) is 0.556. The van der Waals surface area contributed by atoms with Crippen LogP contribution in [-0.2, 0) is 9.59 Å². The Labute approximate surface area is 83.0 Å². The summed E-state index contributed by atoms with van der Waals surface area (Å²) in [5, 5.41) is 11.2. The van der Waals surface area contributed by atoms with Crippen molar-refractivity contribution in [2.45, 2.75) is 25.8 Å². The summed E-state index contributed by atoms with van der Waals surface area (Å²) in [7, 11) is 0. The van der Waals surface area contributed by atoms with Crippen LogP contribution in [0.1, 0.15) is 19.8 Å². The lowest BCUT2D eigenvalue weighted by Crippen LogP contribution is -2.31. The molecule has 0 bridgehead atoms. The lowest BCUT2D eigenvalue weighted by atomic mass is 10.1. The number of Topliss-reactive ketones (excluding diaryl/α,β-unsaturated/α-hetero) is 1. The highest BCUT2D eigenvalue weighted by atomic mass is 16.4. The van der Waals surface area contributed by atoms with Crippen molar-refractivity contribution in [2.75, 3.05) is 6.54 Å². The molecule has 0 aromatic heterocycles. The van der Waals surface area contributed by atoms with Gasteiger partial charge in [0.25, 0.3) is 0 Å². The maximum absolute atomic E-state index is 10.7. The number of carboxylic acids is 1. The molecule has 4 N–H and O–H groups in total. The fourth-order valence-corrected chi connectivity index (χ4v) is 0.809. The van der Waals surface area contributed by atoms with Crippen molar-refractivity contribution in [3.05, 3.63) is 12.3 Å². The predicted octanol–water partition coefficient (Wildman–Crippen LogP) is -0.129. The summed E-state index contributed by atoms with van der Waals surface area (Å²) in [6, 6.07) is -0.831. The number of carbonyl (C=O) groups excluding carboxylic acids is 1. The van der Waals surface area contributed by atoms with E-state index in [4.69, 9.17) is 10.8 Å². The molecule has 0 aromatic rings. The Kier molecular flexibility index (Phi) is 5.55. The monoisotopic (exact) mass is 200 g/mol. The largest absolute Gasteiger partial charge is 0.480 e. The van der Waals surface area contributed by atoms with Gasteiger partial charge in [-0.05, 0) is 12.8 Å². The zero-order valence-corrected chi connectivity index (χ0v) is 8.25. The van der Waals surface area contributed by atoms with Gasteiger partial charge in [-0.2, -0.15) is 0 Å². The van der Waals surface area contributed by atoms with Gasteiger partial charge in [0, 0.05) is 13.5 Å². The smallest absolute Gasteiger partial charge is 0.320 e. The molecule has 0 rings (SSSR count). The molecule has 1 atom stereocenters. The molecule has 0 aliphatic carbocycles. The first-order chi connectivity index (χ1) is 6.45. The molecule has 5 heteroatoms. The van der Waals surface area contributed by atoms with Crippen LogP contribution in [0.3, 0.4) is 0 Å². The van der Waals surface area contributed by atoms with E-state index in [0.717, 1.165) is 0 Å². The van der Waals surface area contributed by atoms with Gasteiger partial charge in [-0.25, -0.2) is 0 Å². The number of ketones is 1. The minimum Gasteiger partial charge on any atom is -0.480 e. The second-order valence-corrected chi connectivity index (χ2v) is 3.05. The zero-order valence-electron chi connectivity index (χ0n) is 8.25. The molecular weight excluding hydrogens is 184 g/mol. The Bertz CT molecular complexity index is 238. The normalized spacial score (nSPS) is 11.9. The van der Waals surface area contributed by atoms with Crippen LogP contribution in [0.2, 0.25) is 0 Å². The molecule has 0 aliphatic rings. The summed E-state index contributed by atoms with van der Waals surface area (Å²) < 4.78 is 0. The van der Waals surface area contributed by atoms with Crippen LogP contribution >= 0.6 is 0 Å². The van der Waals surface area contributed by atoms with E-state index < -0.39 is 12.0 Å². The Morgan fingerprint density at radius 3 is 2.57 bits per heavy atom. The van der Waals surface area contributed by atoms with E-state index in [1.807, 2.05) is 0 Å². The molecule has 80 valence electrons. The number of hydrogen-bond acceptors (Lipinski definition) is 4. The molecule has 0 fully saturated rings. The van der Waals surface area contributed by atoms with Crippen LogP contribution in [0.5, 0.6) is 0 Å². The highest BCUT2D eigenvalue weighted by molar-refractivity contribution is 5.91. The third kappa shape index (κ3) is 5.31. The first-order valence-corrected chi connectivity index (χ1v) is 4.37. The Morgan fingerprint density at radius 1 is 1.57 bits per heavy atom. The summed E-state index contributed by atoms with van der Waals surface area (Å²) in [5.41, 5.74) is 5.62. The minimum atomic E-state index is -1.00. The van der Waals surface area contributed by atoms with Gasteiger partial charge in [-0.1, -0.05) is 6.58 Å². The molecule has 0 saturated carbocycles. The van der Waals surface area contributed by atoms with Gasteiger partial charge in [-0.3, -0.25) is 9.59 Å². The first-order valence-electron chi connectivity index (χ1n) is 4.37. The standard InChI is InChI=1S/C9H16N2O3/c1-6(7(2)12)11-5-3-4-8(10)9(13)14/h8,11H,1,3-5,10H2,2H3,(H,13,14). The number of carbonyl (C=O) groups is 2. The molecule has 0 spiro atoms. The summed E-state index contributed by atoms with van der Waals surface area (Å²) in [6.45, 7) is 5.43. The highest BCUT2D eigenvalue weighted by Gasteiger charge is 2.10. The molecule has 14 heavy (non-hydrogen) atoms. The third-order valence-electron chi connectivity index (χ3n) is 1.77. The van der Waals surface area contributed by atoms with E-state index >= 15 is 0 Å². The number of carboxylic acid groups (broad SMARTS) is 1. The lowest BCUT2D eigenvalue weighted by Gasteiger charge is -2.08. The van der Waals surface area contributed by atoms with E-state index in [2.05, 4.69) is 11.9 Å². The van der Waals surface area contributed by atoms with Crippen LogP contribution in [0, 0.1) is 0 Å². The van der Waals surface area contributed by atoms with Gasteiger partial charge in [0.2, 0.25) is 0 Å². The maximum atomic E-state index is 10.7. The molecular formula is C9H16N2O3. The fourth-order valence-electron chi connectivity index (χ4n) is 0.809. The van der Waals surface area contributed by atoms with E-state index in [1.54, 1.807) is 0 Å². The average Bonchev–Trinajstić information content (AvgIpc) is 2.11. The van der Waals surface area contributed by atoms with Crippen LogP contribution in [0.15, 0.2) is 12.3 Å². The summed E-state index contributed by atoms with van der Waals surface area (Å²) in [5.74, 6) is -1.12. The first kappa shape index (κ1) is 12.6. The van der Waals surface area contributed by atoms with E-state index in [-0.39, 0.29) is 5.78 Å². The van der Waals surface area contributed by atoms with Gasteiger partial charge in [0.1, 0.15) is 6.04 Å². The van der Waals surface area contributed by atoms with Crippen LogP contribution < -0.4 is 11.1 Å². The molecule has 1 unspecified atom stereocenters. The number of aliphatic carboxylic acids is 1. The van der Waals surface area contributed by atoms with Crippen molar-refractivity contribution in [1.82, 2.24) is 5.32 Å². The Balaban J connectivity index is 3.52. The predicted molar refractivity (Wildman–Crippen MR) is 52.7 cm³/mol. The van der Waals surface area contributed by atoms with Crippen LogP contribution in [0.25, 0.3) is 0 Å². The number of allylic oxidation sites excluding steroid dienone is 1. The minimum absolute atomic E-state index is 0.118. The Hall–Kier alpha value is -1.36. The lowest BCUT2D eigenvalue weighted by molar-refractivity contribution is -0.138. The quantitative estimate of drug-likeness (QED) is 0.393. The average molecular weight is 200 g/mol. The molecule has 0 aromatic carbocycles. The molecule has 0 heterocycles. The third-order valence-corrected chi connectivity index (χ3v) is 1.77. The highest BCUT2D eigenvalue weighted by Crippen LogP contribution is 1.94. The molecule has 0 aliphatic heterocycles. The van der Waals surface area contributed by atoms with Gasteiger partial charge in [-0.15, -0.1) is 0 Å².